The van der Waals surface area contributed by atoms with Gasteiger partial charge >= 0.3 is 17.9 Å². The fourth-order valence-electron chi connectivity index (χ4n) is 7.01. The molecule has 3 aliphatic heterocycles. The molecule has 0 aromatic carbocycles. The Kier molecular flexibility index (Phi) is 3.81. The van der Waals surface area contributed by atoms with Crippen LogP contribution in [-0.4, -0.2) is 66.1 Å². The number of ether oxygens (including phenoxy) is 5. The first kappa shape index (κ1) is 19.3. The van der Waals surface area contributed by atoms with Crippen molar-refractivity contribution in [1.82, 2.24) is 0 Å². The van der Waals surface area contributed by atoms with Crippen molar-refractivity contribution in [2.45, 2.75) is 81.4 Å². The van der Waals surface area contributed by atoms with Gasteiger partial charge in [-0.05, 0) is 38.0 Å². The van der Waals surface area contributed by atoms with Gasteiger partial charge in [-0.25, -0.2) is 9.59 Å². The minimum atomic E-state index is -3.50. The van der Waals surface area contributed by atoms with Gasteiger partial charge in [0.15, 0.2) is 30.4 Å². The molecule has 0 radical (unpaired) electrons. The summed E-state index contributed by atoms with van der Waals surface area (Å²) in [6.07, 6.45) is -0.226. The van der Waals surface area contributed by atoms with E-state index in [1.54, 1.807) is 0 Å². The Balaban J connectivity index is 1.20. The van der Waals surface area contributed by atoms with Crippen molar-refractivity contribution in [3.8, 4) is 0 Å². The number of alkyl halides is 2. The maximum atomic E-state index is 13.2. The Morgan fingerprint density at radius 3 is 2.53 bits per heavy atom. The molecule has 0 aromatic rings. The second-order valence-corrected chi connectivity index (χ2v) is 10.0. The van der Waals surface area contributed by atoms with E-state index in [-0.39, 0.29) is 23.9 Å². The van der Waals surface area contributed by atoms with Gasteiger partial charge in [0.05, 0.1) is 6.61 Å². The predicted octanol–water partition coefficient (Wildman–Crippen LogP) is 1.13. The number of hydrogen-bond donors (Lipinski definition) is 1. The van der Waals surface area contributed by atoms with E-state index in [1.807, 2.05) is 0 Å². The third-order valence-corrected chi connectivity index (χ3v) is 7.95. The van der Waals surface area contributed by atoms with Gasteiger partial charge in [-0.2, -0.15) is 8.78 Å². The molecule has 4 saturated carbocycles. The number of rotatable bonds is 3. The summed E-state index contributed by atoms with van der Waals surface area (Å²) in [6, 6.07) is 0. The van der Waals surface area contributed by atoms with Gasteiger partial charge in [0.2, 0.25) is 0 Å². The standard InChI is InChI=1S/C20H24F2O8/c1-18(21,22)17(25)26-7-19-4-8-2-9(5-19)20(10(3-8)6-19)29-14-13-12(28-16(14)30-20)11(23)15(24)27-13/h8-14,16,23H,2-7H2,1H3. The van der Waals surface area contributed by atoms with E-state index in [1.165, 1.54) is 0 Å². The highest BCUT2D eigenvalue weighted by molar-refractivity contribution is 5.78. The molecule has 4 bridgehead atoms. The lowest BCUT2D eigenvalue weighted by molar-refractivity contribution is -0.337. The summed E-state index contributed by atoms with van der Waals surface area (Å²) in [6.45, 7) is 0.524. The highest BCUT2D eigenvalue weighted by atomic mass is 19.3. The van der Waals surface area contributed by atoms with Crippen LogP contribution in [0.1, 0.15) is 39.0 Å². The molecule has 3 heterocycles. The van der Waals surface area contributed by atoms with Crippen molar-refractivity contribution < 1.29 is 47.2 Å². The molecule has 1 N–H and O–H groups in total. The van der Waals surface area contributed by atoms with Crippen LogP contribution in [0.3, 0.4) is 0 Å². The van der Waals surface area contributed by atoms with Crippen LogP contribution in [0.5, 0.6) is 0 Å². The molecule has 8 nitrogen and oxygen atoms in total. The second-order valence-electron chi connectivity index (χ2n) is 10.0. The first-order chi connectivity index (χ1) is 14.1. The first-order valence-corrected chi connectivity index (χ1v) is 10.5. The van der Waals surface area contributed by atoms with Crippen molar-refractivity contribution in [2.24, 2.45) is 23.2 Å². The summed E-state index contributed by atoms with van der Waals surface area (Å²) in [5.74, 6) is -6.15. The summed E-state index contributed by atoms with van der Waals surface area (Å²) in [5.41, 5.74) is -0.341. The Morgan fingerprint density at radius 2 is 1.87 bits per heavy atom. The number of fused-ring (bicyclic) bond motifs is 3. The summed E-state index contributed by atoms with van der Waals surface area (Å²) >= 11 is 0. The minimum Gasteiger partial charge on any atom is -0.461 e. The predicted molar refractivity (Wildman–Crippen MR) is 90.8 cm³/mol. The fraction of sp³-hybridized carbons (Fsp3) is 0.900. The number of carbonyl (C=O) groups excluding carboxylic acids is 2. The second kappa shape index (κ2) is 5.90. The Bertz CT molecular complexity index is 780. The van der Waals surface area contributed by atoms with Crippen molar-refractivity contribution in [1.29, 1.82) is 0 Å². The van der Waals surface area contributed by atoms with Gasteiger partial charge in [-0.1, -0.05) is 0 Å². The molecular weight excluding hydrogens is 406 g/mol. The molecule has 30 heavy (non-hydrogen) atoms. The highest BCUT2D eigenvalue weighted by Crippen LogP contribution is 2.67. The van der Waals surface area contributed by atoms with Gasteiger partial charge in [0.1, 0.15) is 6.10 Å². The molecule has 4 aliphatic carbocycles. The molecule has 1 spiro atoms. The zero-order valence-corrected chi connectivity index (χ0v) is 16.4. The SMILES string of the molecule is CC(F)(F)C(=O)OCC12CC3CC(C1)C1(OC4OC5C(O)C(=O)OC5C4O1)C(C3)C2. The van der Waals surface area contributed by atoms with Crippen LogP contribution in [-0.2, 0) is 33.3 Å². The lowest BCUT2D eigenvalue weighted by atomic mass is 9.47. The van der Waals surface area contributed by atoms with Crippen LogP contribution >= 0.6 is 0 Å². The van der Waals surface area contributed by atoms with Crippen molar-refractivity contribution >= 4 is 11.9 Å². The molecule has 7 fully saturated rings. The van der Waals surface area contributed by atoms with Crippen molar-refractivity contribution in [3.63, 3.8) is 0 Å². The third-order valence-electron chi connectivity index (χ3n) is 7.95. The molecule has 7 unspecified atom stereocenters. The van der Waals surface area contributed by atoms with Crippen molar-refractivity contribution in [3.05, 3.63) is 0 Å². The van der Waals surface area contributed by atoms with Crippen LogP contribution in [0.2, 0.25) is 0 Å². The van der Waals surface area contributed by atoms with Gasteiger partial charge in [0, 0.05) is 24.2 Å². The largest absolute Gasteiger partial charge is 0.461 e. The zero-order chi connectivity index (χ0) is 21.1. The molecule has 0 aromatic heterocycles. The maximum absolute atomic E-state index is 13.2. The summed E-state index contributed by atoms with van der Waals surface area (Å²) < 4.78 is 55.2. The highest BCUT2D eigenvalue weighted by Gasteiger charge is 2.72. The van der Waals surface area contributed by atoms with Crippen LogP contribution in [0.15, 0.2) is 0 Å². The van der Waals surface area contributed by atoms with Gasteiger partial charge in [0.25, 0.3) is 0 Å². The third kappa shape index (κ3) is 2.50. The van der Waals surface area contributed by atoms with E-state index in [2.05, 4.69) is 0 Å². The minimum absolute atomic E-state index is 0.0132. The van der Waals surface area contributed by atoms with E-state index < -0.39 is 54.4 Å². The van der Waals surface area contributed by atoms with Crippen LogP contribution in [0.4, 0.5) is 8.78 Å². The van der Waals surface area contributed by atoms with Crippen LogP contribution in [0.25, 0.3) is 0 Å². The summed E-state index contributed by atoms with van der Waals surface area (Å²) in [7, 11) is 0. The smallest absolute Gasteiger partial charge is 0.376 e. The number of hydrogen-bond acceptors (Lipinski definition) is 8. The summed E-state index contributed by atoms with van der Waals surface area (Å²) in [5, 5.41) is 9.92. The Hall–Kier alpha value is -1.36. The van der Waals surface area contributed by atoms with E-state index in [4.69, 9.17) is 23.7 Å². The van der Waals surface area contributed by atoms with E-state index in [0.29, 0.717) is 25.7 Å². The molecule has 3 saturated heterocycles. The van der Waals surface area contributed by atoms with E-state index in [0.717, 1.165) is 19.3 Å². The fourth-order valence-corrected chi connectivity index (χ4v) is 7.01. The van der Waals surface area contributed by atoms with Gasteiger partial charge in [-0.15, -0.1) is 0 Å². The molecule has 7 rings (SSSR count). The number of esters is 2. The van der Waals surface area contributed by atoms with E-state index >= 15 is 0 Å². The number of aliphatic hydroxyl groups is 1. The van der Waals surface area contributed by atoms with Gasteiger partial charge < -0.3 is 28.8 Å². The molecule has 7 atom stereocenters. The summed E-state index contributed by atoms with van der Waals surface area (Å²) in [4.78, 5) is 23.3. The lowest BCUT2D eigenvalue weighted by Gasteiger charge is -2.62. The number of halogens is 2. The molecule has 166 valence electrons. The molecular formula is C20H24F2O8. The topological polar surface area (TPSA) is 101 Å². The maximum Gasteiger partial charge on any atom is 0.376 e. The quantitative estimate of drug-likeness (QED) is 0.666. The molecule has 0 amide bonds. The van der Waals surface area contributed by atoms with Crippen molar-refractivity contribution in [2.75, 3.05) is 6.61 Å². The number of aliphatic hydroxyl groups excluding tert-OH is 1. The normalized spacial score (nSPS) is 53.1. The first-order valence-electron chi connectivity index (χ1n) is 10.5. The lowest BCUT2D eigenvalue weighted by Crippen LogP contribution is -2.63. The molecule has 7 aliphatic rings. The van der Waals surface area contributed by atoms with Crippen LogP contribution < -0.4 is 0 Å². The monoisotopic (exact) mass is 430 g/mol. The zero-order valence-electron chi connectivity index (χ0n) is 16.4. The number of carbonyl (C=O) groups is 2. The Morgan fingerprint density at radius 1 is 1.17 bits per heavy atom. The van der Waals surface area contributed by atoms with Gasteiger partial charge in [-0.3, -0.25) is 0 Å². The average Bonchev–Trinajstić information content (AvgIpc) is 3.27. The Labute approximate surface area is 171 Å². The molecule has 10 heteroatoms. The van der Waals surface area contributed by atoms with Crippen LogP contribution in [0, 0.1) is 23.2 Å². The van der Waals surface area contributed by atoms with E-state index in [9.17, 15) is 23.5 Å². The average molecular weight is 430 g/mol.